The smallest absolute Gasteiger partial charge is 0.0304 e. The van der Waals surface area contributed by atoms with Crippen LogP contribution in [0.2, 0.25) is 0 Å². The summed E-state index contributed by atoms with van der Waals surface area (Å²) < 4.78 is 0. The summed E-state index contributed by atoms with van der Waals surface area (Å²) in [5.41, 5.74) is 0.320. The number of nitrogens with one attached hydrogen (secondary N) is 1. The van der Waals surface area contributed by atoms with E-state index in [0.29, 0.717) is 11.6 Å². The molecule has 2 nitrogen and oxygen atoms in total. The molecule has 0 aromatic carbocycles. The molecule has 2 heteroatoms. The fourth-order valence-corrected chi connectivity index (χ4v) is 2.69. The molecule has 1 unspecified atom stereocenters. The van der Waals surface area contributed by atoms with Gasteiger partial charge in [0.05, 0.1) is 0 Å². The third-order valence-electron chi connectivity index (χ3n) is 4.10. The summed E-state index contributed by atoms with van der Waals surface area (Å²) in [6, 6.07) is 0.574. The topological polar surface area (TPSA) is 15.3 Å². The highest BCUT2D eigenvalue weighted by molar-refractivity contribution is 4.97. The highest BCUT2D eigenvalue weighted by Crippen LogP contribution is 2.22. The molecule has 0 saturated carbocycles. The fourth-order valence-electron chi connectivity index (χ4n) is 2.69. The summed E-state index contributed by atoms with van der Waals surface area (Å²) in [4.78, 5) is 2.59. The first-order valence-corrected chi connectivity index (χ1v) is 6.63. The first-order chi connectivity index (χ1) is 7.71. The molecular weight excluding hydrogens is 196 g/mol. The molecule has 1 N–H and O–H groups in total. The molecule has 92 valence electrons. The largest absolute Gasteiger partial charge is 0.309 e. The molecule has 0 aliphatic carbocycles. The molecule has 0 aromatic heterocycles. The van der Waals surface area contributed by atoms with Crippen molar-refractivity contribution >= 4 is 0 Å². The average molecular weight is 222 g/mol. The van der Waals surface area contributed by atoms with Crippen molar-refractivity contribution in [1.82, 2.24) is 10.2 Å². The fraction of sp³-hybridized carbons (Fsp3) is 0.857. The van der Waals surface area contributed by atoms with Crippen LogP contribution in [-0.4, -0.2) is 36.1 Å². The zero-order valence-corrected chi connectivity index (χ0v) is 11.1. The lowest BCUT2D eigenvalue weighted by Crippen LogP contribution is -2.61. The molecule has 1 aliphatic rings. The van der Waals surface area contributed by atoms with Gasteiger partial charge in [0.15, 0.2) is 0 Å². The Morgan fingerprint density at radius 2 is 2.06 bits per heavy atom. The normalized spacial score (nSPS) is 22.6. The summed E-state index contributed by atoms with van der Waals surface area (Å²) in [5.74, 6) is 2.82. The molecule has 1 saturated heterocycles. The van der Waals surface area contributed by atoms with E-state index in [1.165, 1.54) is 12.8 Å². The van der Waals surface area contributed by atoms with Crippen molar-refractivity contribution in [3.05, 3.63) is 0 Å². The molecule has 0 amide bonds. The highest BCUT2D eigenvalue weighted by atomic mass is 15.2. The van der Waals surface area contributed by atoms with Crippen LogP contribution in [0.15, 0.2) is 0 Å². The minimum Gasteiger partial charge on any atom is -0.309 e. The van der Waals surface area contributed by atoms with E-state index >= 15 is 0 Å². The Morgan fingerprint density at radius 1 is 1.38 bits per heavy atom. The van der Waals surface area contributed by atoms with Gasteiger partial charge >= 0.3 is 0 Å². The molecule has 1 heterocycles. The van der Waals surface area contributed by atoms with Crippen molar-refractivity contribution in [2.45, 2.75) is 58.0 Å². The maximum absolute atomic E-state index is 5.45. The summed E-state index contributed by atoms with van der Waals surface area (Å²) in [6.07, 6.45) is 9.90. The van der Waals surface area contributed by atoms with E-state index in [1.807, 2.05) is 0 Å². The molecule has 1 atom stereocenters. The van der Waals surface area contributed by atoms with Crippen LogP contribution in [0.1, 0.15) is 46.5 Å². The molecule has 1 aliphatic heterocycles. The van der Waals surface area contributed by atoms with Crippen molar-refractivity contribution in [3.63, 3.8) is 0 Å². The Morgan fingerprint density at radius 3 is 2.56 bits per heavy atom. The minimum atomic E-state index is 0.320. The third kappa shape index (κ3) is 2.99. The van der Waals surface area contributed by atoms with Crippen LogP contribution in [0.25, 0.3) is 0 Å². The van der Waals surface area contributed by atoms with Gasteiger partial charge in [-0.2, -0.15) is 0 Å². The number of nitrogens with zero attached hydrogens (tertiary/aromatic N) is 1. The van der Waals surface area contributed by atoms with E-state index in [0.717, 1.165) is 32.5 Å². The van der Waals surface area contributed by atoms with Crippen LogP contribution in [0.4, 0.5) is 0 Å². The predicted molar refractivity (Wildman–Crippen MR) is 70.4 cm³/mol. The summed E-state index contributed by atoms with van der Waals surface area (Å²) in [6.45, 7) is 10.2. The SMILES string of the molecule is C#CCC(CC)N1CCNC(CC)(CC)C1. The van der Waals surface area contributed by atoms with Crippen molar-refractivity contribution in [2.75, 3.05) is 19.6 Å². The van der Waals surface area contributed by atoms with Gasteiger partial charge in [0, 0.05) is 37.6 Å². The number of hydrogen-bond donors (Lipinski definition) is 1. The summed E-state index contributed by atoms with van der Waals surface area (Å²) in [5, 5.41) is 3.69. The Hall–Kier alpha value is -0.520. The van der Waals surface area contributed by atoms with Gasteiger partial charge in [0.1, 0.15) is 0 Å². The van der Waals surface area contributed by atoms with Crippen molar-refractivity contribution in [1.29, 1.82) is 0 Å². The Kier molecular flexibility index (Phi) is 5.31. The Bertz CT molecular complexity index is 238. The Labute approximate surface area is 101 Å². The highest BCUT2D eigenvalue weighted by Gasteiger charge is 2.33. The van der Waals surface area contributed by atoms with Gasteiger partial charge in [-0.05, 0) is 19.3 Å². The minimum absolute atomic E-state index is 0.320. The van der Waals surface area contributed by atoms with Crippen LogP contribution in [0.5, 0.6) is 0 Å². The molecule has 1 rings (SSSR count). The van der Waals surface area contributed by atoms with E-state index in [4.69, 9.17) is 6.42 Å². The molecular formula is C14H26N2. The van der Waals surface area contributed by atoms with Gasteiger partial charge in [-0.3, -0.25) is 4.90 Å². The maximum atomic E-state index is 5.45. The second kappa shape index (κ2) is 6.27. The lowest BCUT2D eigenvalue weighted by atomic mass is 9.89. The van der Waals surface area contributed by atoms with Crippen LogP contribution < -0.4 is 5.32 Å². The summed E-state index contributed by atoms with van der Waals surface area (Å²) in [7, 11) is 0. The molecule has 0 radical (unpaired) electrons. The lowest BCUT2D eigenvalue weighted by molar-refractivity contribution is 0.0853. The van der Waals surface area contributed by atoms with E-state index in [-0.39, 0.29) is 0 Å². The summed E-state index contributed by atoms with van der Waals surface area (Å²) >= 11 is 0. The quantitative estimate of drug-likeness (QED) is 0.718. The van der Waals surface area contributed by atoms with Crippen LogP contribution >= 0.6 is 0 Å². The zero-order valence-electron chi connectivity index (χ0n) is 11.1. The maximum Gasteiger partial charge on any atom is 0.0304 e. The van der Waals surface area contributed by atoms with Gasteiger partial charge < -0.3 is 5.32 Å². The standard InChI is InChI=1S/C14H26N2/c1-5-9-13(6-2)16-11-10-15-14(7-3,8-4)12-16/h1,13,15H,6-12H2,2-4H3. The monoisotopic (exact) mass is 222 g/mol. The van der Waals surface area contributed by atoms with E-state index in [2.05, 4.69) is 36.9 Å². The van der Waals surface area contributed by atoms with Gasteiger partial charge in [-0.25, -0.2) is 0 Å². The lowest BCUT2D eigenvalue weighted by Gasteiger charge is -2.45. The van der Waals surface area contributed by atoms with Gasteiger partial charge in [0.25, 0.3) is 0 Å². The average Bonchev–Trinajstić information content (AvgIpc) is 2.36. The van der Waals surface area contributed by atoms with E-state index < -0.39 is 0 Å². The number of rotatable bonds is 5. The molecule has 16 heavy (non-hydrogen) atoms. The Balaban J connectivity index is 2.65. The number of terminal acetylenes is 1. The number of piperazine rings is 1. The van der Waals surface area contributed by atoms with Gasteiger partial charge in [-0.1, -0.05) is 20.8 Å². The molecule has 0 aromatic rings. The van der Waals surface area contributed by atoms with Crippen LogP contribution in [0.3, 0.4) is 0 Å². The van der Waals surface area contributed by atoms with E-state index in [9.17, 15) is 0 Å². The molecule has 0 bridgehead atoms. The van der Waals surface area contributed by atoms with Crippen molar-refractivity contribution in [2.24, 2.45) is 0 Å². The van der Waals surface area contributed by atoms with Crippen molar-refractivity contribution < 1.29 is 0 Å². The molecule has 1 fully saturated rings. The van der Waals surface area contributed by atoms with Gasteiger partial charge in [-0.15, -0.1) is 12.3 Å². The van der Waals surface area contributed by atoms with Crippen LogP contribution in [0, 0.1) is 12.3 Å². The van der Waals surface area contributed by atoms with Crippen LogP contribution in [-0.2, 0) is 0 Å². The first kappa shape index (κ1) is 13.5. The number of hydrogen-bond acceptors (Lipinski definition) is 2. The predicted octanol–water partition coefficient (Wildman–Crippen LogP) is 2.25. The molecule has 0 spiro atoms. The second-order valence-electron chi connectivity index (χ2n) is 4.86. The third-order valence-corrected chi connectivity index (χ3v) is 4.10. The zero-order chi connectivity index (χ0) is 12.0. The second-order valence-corrected chi connectivity index (χ2v) is 4.86. The van der Waals surface area contributed by atoms with Crippen molar-refractivity contribution in [3.8, 4) is 12.3 Å². The van der Waals surface area contributed by atoms with E-state index in [1.54, 1.807) is 0 Å². The first-order valence-electron chi connectivity index (χ1n) is 6.63. The van der Waals surface area contributed by atoms with Gasteiger partial charge in [0.2, 0.25) is 0 Å².